The molecule has 82 heavy (non-hydrogen) atoms. The number of allylic oxidation sites excluding steroid dienone is 14. The molecule has 0 aromatic carbocycles. The molecule has 0 bridgehead atoms. The van der Waals surface area contributed by atoms with E-state index in [1.54, 1.807) is 0 Å². The first-order chi connectivity index (χ1) is 40.5. The van der Waals surface area contributed by atoms with E-state index in [9.17, 15) is 14.4 Å². The summed E-state index contributed by atoms with van der Waals surface area (Å²) < 4.78 is 17.0. The zero-order chi connectivity index (χ0) is 59.2. The fourth-order valence-corrected chi connectivity index (χ4v) is 10.4. The molecule has 0 aliphatic rings. The molecule has 474 valence electrons. The van der Waals surface area contributed by atoms with Crippen molar-refractivity contribution in [1.82, 2.24) is 0 Å². The van der Waals surface area contributed by atoms with Crippen molar-refractivity contribution in [2.24, 2.45) is 0 Å². The van der Waals surface area contributed by atoms with Crippen molar-refractivity contribution < 1.29 is 28.6 Å². The van der Waals surface area contributed by atoms with Crippen LogP contribution in [-0.2, 0) is 28.6 Å². The maximum Gasteiger partial charge on any atom is 0.306 e. The van der Waals surface area contributed by atoms with Crippen LogP contribution in [-0.4, -0.2) is 37.2 Å². The topological polar surface area (TPSA) is 78.9 Å². The van der Waals surface area contributed by atoms with Crippen molar-refractivity contribution in [3.63, 3.8) is 0 Å². The third-order valence-electron chi connectivity index (χ3n) is 15.7. The molecule has 0 aromatic heterocycles. The predicted molar refractivity (Wildman–Crippen MR) is 358 cm³/mol. The highest BCUT2D eigenvalue weighted by Gasteiger charge is 2.19. The average Bonchev–Trinajstić information content (AvgIpc) is 3.47. The van der Waals surface area contributed by atoms with E-state index >= 15 is 0 Å². The summed E-state index contributed by atoms with van der Waals surface area (Å²) in [5, 5.41) is 0. The van der Waals surface area contributed by atoms with E-state index in [-0.39, 0.29) is 31.1 Å². The van der Waals surface area contributed by atoms with E-state index in [0.717, 1.165) is 109 Å². The van der Waals surface area contributed by atoms with Gasteiger partial charge in [-0.2, -0.15) is 0 Å². The Balaban J connectivity index is 4.33. The molecule has 0 saturated heterocycles. The second-order valence-corrected chi connectivity index (χ2v) is 23.8. The normalized spacial score (nSPS) is 12.6. The fraction of sp³-hybridized carbons (Fsp3) is 0.776. The SMILES string of the molecule is CC/C=C\C/C=C\C/C=C\C/C=C\C/C=C\C/C=C\C/C=C\CCCCCCCCCC(=O)OCC(COC(=O)CCCCCCCCCCCCCCCCCC)OC(=O)CCCCCCCCCCCCCCCCCCCCC. The van der Waals surface area contributed by atoms with E-state index in [2.05, 4.69) is 106 Å². The van der Waals surface area contributed by atoms with Crippen molar-refractivity contribution >= 4 is 17.9 Å². The van der Waals surface area contributed by atoms with Crippen LogP contribution < -0.4 is 0 Å². The molecule has 6 nitrogen and oxygen atoms in total. The number of carbonyl (C=O) groups excluding carboxylic acids is 3. The summed E-state index contributed by atoms with van der Waals surface area (Å²) in [6.45, 7) is 6.58. The lowest BCUT2D eigenvalue weighted by Crippen LogP contribution is -2.30. The van der Waals surface area contributed by atoms with Gasteiger partial charge in [-0.25, -0.2) is 0 Å². The fourth-order valence-electron chi connectivity index (χ4n) is 10.4. The molecule has 0 aromatic rings. The first-order valence-corrected chi connectivity index (χ1v) is 35.6. The maximum absolute atomic E-state index is 13.0. The van der Waals surface area contributed by atoms with E-state index < -0.39 is 6.10 Å². The highest BCUT2D eigenvalue weighted by atomic mass is 16.6. The molecule has 0 fully saturated rings. The molecule has 0 amide bonds. The zero-order valence-electron chi connectivity index (χ0n) is 54.5. The summed E-state index contributed by atoms with van der Waals surface area (Å²) in [5.41, 5.74) is 0. The van der Waals surface area contributed by atoms with Gasteiger partial charge in [0.1, 0.15) is 13.2 Å². The van der Waals surface area contributed by atoms with E-state index in [1.807, 2.05) is 0 Å². The highest BCUT2D eigenvalue weighted by Crippen LogP contribution is 2.18. The molecule has 1 atom stereocenters. The van der Waals surface area contributed by atoms with Gasteiger partial charge in [0.2, 0.25) is 0 Å². The van der Waals surface area contributed by atoms with Crippen molar-refractivity contribution in [1.29, 1.82) is 0 Å². The molecule has 1 unspecified atom stereocenters. The van der Waals surface area contributed by atoms with Gasteiger partial charge in [-0.1, -0.05) is 350 Å². The molecule has 0 aliphatic carbocycles. The van der Waals surface area contributed by atoms with Gasteiger partial charge in [-0.3, -0.25) is 14.4 Å². The third-order valence-corrected chi connectivity index (χ3v) is 15.7. The number of hydrogen-bond acceptors (Lipinski definition) is 6. The molecule has 0 radical (unpaired) electrons. The van der Waals surface area contributed by atoms with Crippen LogP contribution in [0.25, 0.3) is 0 Å². The molecule has 0 saturated carbocycles. The lowest BCUT2D eigenvalue weighted by molar-refractivity contribution is -0.167. The average molecular weight is 1140 g/mol. The Morgan fingerprint density at radius 3 is 0.744 bits per heavy atom. The highest BCUT2D eigenvalue weighted by molar-refractivity contribution is 5.71. The molecule has 0 heterocycles. The van der Waals surface area contributed by atoms with Gasteiger partial charge in [0, 0.05) is 19.3 Å². The maximum atomic E-state index is 13.0. The van der Waals surface area contributed by atoms with Gasteiger partial charge in [-0.15, -0.1) is 0 Å². The minimum atomic E-state index is -0.780. The van der Waals surface area contributed by atoms with Crippen LogP contribution >= 0.6 is 0 Å². The molecular weight excluding hydrogens is 1010 g/mol. The lowest BCUT2D eigenvalue weighted by atomic mass is 10.0. The number of rotatable bonds is 65. The van der Waals surface area contributed by atoms with Crippen LogP contribution in [0.3, 0.4) is 0 Å². The molecule has 0 aliphatic heterocycles. The second-order valence-electron chi connectivity index (χ2n) is 23.8. The number of esters is 3. The molecule has 0 rings (SSSR count). The van der Waals surface area contributed by atoms with Gasteiger partial charge in [0.15, 0.2) is 6.10 Å². The summed E-state index contributed by atoms with van der Waals surface area (Å²) in [6.07, 6.45) is 93.1. The Kier molecular flexibility index (Phi) is 67.2. The zero-order valence-corrected chi connectivity index (χ0v) is 54.5. The Labute approximate surface area is 509 Å². The Hall–Kier alpha value is -3.41. The van der Waals surface area contributed by atoms with E-state index in [4.69, 9.17) is 14.2 Å². The van der Waals surface area contributed by atoms with Crippen molar-refractivity contribution in [3.05, 3.63) is 85.1 Å². The van der Waals surface area contributed by atoms with E-state index in [0.29, 0.717) is 19.3 Å². The van der Waals surface area contributed by atoms with Crippen LogP contribution in [0.5, 0.6) is 0 Å². The first kappa shape index (κ1) is 78.6. The molecule has 0 N–H and O–H groups in total. The summed E-state index contributed by atoms with van der Waals surface area (Å²) >= 11 is 0. The first-order valence-electron chi connectivity index (χ1n) is 35.6. The Morgan fingerprint density at radius 2 is 0.476 bits per heavy atom. The Bertz CT molecular complexity index is 1550. The van der Waals surface area contributed by atoms with Crippen molar-refractivity contribution in [2.75, 3.05) is 13.2 Å². The number of carbonyl (C=O) groups is 3. The molecule has 0 spiro atoms. The van der Waals surface area contributed by atoms with Crippen LogP contribution in [0, 0.1) is 0 Å². The van der Waals surface area contributed by atoms with Gasteiger partial charge in [-0.05, 0) is 77.0 Å². The van der Waals surface area contributed by atoms with Crippen LogP contribution in [0.4, 0.5) is 0 Å². The Morgan fingerprint density at radius 1 is 0.256 bits per heavy atom. The molecule has 6 heteroatoms. The van der Waals surface area contributed by atoms with Crippen LogP contribution in [0.15, 0.2) is 85.1 Å². The largest absolute Gasteiger partial charge is 0.462 e. The summed E-state index contributed by atoms with van der Waals surface area (Å²) in [7, 11) is 0. The standard InChI is InChI=1S/C76H134O6/c1-4-7-10-13-16-19-22-25-28-31-33-34-35-36-37-38-39-40-41-42-44-45-48-51-54-57-60-63-66-69-75(78)81-72-73(71-80-74(77)68-65-62-59-56-53-50-47-30-27-24-21-18-15-12-9-6-3)82-76(79)70-67-64-61-58-55-52-49-46-43-32-29-26-23-20-17-14-11-8-5-2/h7,10,16,19,25,28,33-34,36-37,39-40,42,44,73H,4-6,8-9,11-15,17-18,20-24,26-27,29-32,35,38,41,43,45-72H2,1-3H3/b10-7-,19-16-,28-25-,34-33-,37-36-,40-39-,44-42-. The summed E-state index contributed by atoms with van der Waals surface area (Å²) in [5.74, 6) is -0.862. The summed E-state index contributed by atoms with van der Waals surface area (Å²) in [4.78, 5) is 38.5. The van der Waals surface area contributed by atoms with Crippen LogP contribution in [0.1, 0.15) is 361 Å². The second kappa shape index (κ2) is 70.1. The van der Waals surface area contributed by atoms with Gasteiger partial charge >= 0.3 is 17.9 Å². The number of unbranched alkanes of at least 4 members (excludes halogenated alkanes) is 40. The predicted octanol–water partition coefficient (Wildman–Crippen LogP) is 24.6. The quantitative estimate of drug-likeness (QED) is 0.0261. The van der Waals surface area contributed by atoms with Gasteiger partial charge in [0.05, 0.1) is 0 Å². The van der Waals surface area contributed by atoms with Crippen molar-refractivity contribution in [3.8, 4) is 0 Å². The molecular formula is C76H134O6. The van der Waals surface area contributed by atoms with E-state index in [1.165, 1.54) is 212 Å². The smallest absolute Gasteiger partial charge is 0.306 e. The minimum absolute atomic E-state index is 0.0742. The lowest BCUT2D eigenvalue weighted by Gasteiger charge is -2.18. The number of hydrogen-bond donors (Lipinski definition) is 0. The van der Waals surface area contributed by atoms with Crippen LogP contribution in [0.2, 0.25) is 0 Å². The monoisotopic (exact) mass is 1140 g/mol. The van der Waals surface area contributed by atoms with Gasteiger partial charge < -0.3 is 14.2 Å². The third kappa shape index (κ3) is 67.4. The minimum Gasteiger partial charge on any atom is -0.462 e. The summed E-state index contributed by atoms with van der Waals surface area (Å²) in [6, 6.07) is 0. The van der Waals surface area contributed by atoms with Gasteiger partial charge in [0.25, 0.3) is 0 Å². The van der Waals surface area contributed by atoms with Crippen molar-refractivity contribution in [2.45, 2.75) is 367 Å². The number of ether oxygens (including phenoxy) is 3.